The Bertz CT molecular complexity index is 582. The number of carbonyl (C=O) groups is 1. The van der Waals surface area contributed by atoms with Crippen molar-refractivity contribution in [1.82, 2.24) is 4.90 Å². The number of aliphatic hydroxyl groups is 1. The zero-order valence-corrected chi connectivity index (χ0v) is 14.1. The third-order valence-corrected chi connectivity index (χ3v) is 7.69. The first-order valence-electron chi connectivity index (χ1n) is 9.88. The summed E-state index contributed by atoms with van der Waals surface area (Å²) in [6, 6.07) is 0.309. The molecule has 2 aliphatic heterocycles. The van der Waals surface area contributed by atoms with Gasteiger partial charge < -0.3 is 10.0 Å². The first-order valence-corrected chi connectivity index (χ1v) is 9.88. The molecule has 5 rings (SSSR count). The van der Waals surface area contributed by atoms with E-state index in [4.69, 9.17) is 0 Å². The van der Waals surface area contributed by atoms with Crippen molar-refractivity contribution < 1.29 is 9.90 Å². The Labute approximate surface area is 139 Å². The van der Waals surface area contributed by atoms with Gasteiger partial charge in [-0.1, -0.05) is 17.6 Å². The molecule has 4 unspecified atom stereocenters. The van der Waals surface area contributed by atoms with Gasteiger partial charge in [0.15, 0.2) is 0 Å². The number of carbonyl (C=O) groups excluding carboxylic acids is 1. The van der Waals surface area contributed by atoms with E-state index in [9.17, 15) is 9.90 Å². The second kappa shape index (κ2) is 4.84. The maximum absolute atomic E-state index is 12.9. The van der Waals surface area contributed by atoms with Gasteiger partial charge in [0, 0.05) is 24.8 Å². The molecule has 23 heavy (non-hydrogen) atoms. The van der Waals surface area contributed by atoms with Crippen molar-refractivity contribution in [2.24, 2.45) is 11.3 Å². The largest absolute Gasteiger partial charge is 0.371 e. The molecule has 0 radical (unpaired) electrons. The highest BCUT2D eigenvalue weighted by atomic mass is 16.3. The molecule has 0 aromatic carbocycles. The van der Waals surface area contributed by atoms with Gasteiger partial charge in [0.25, 0.3) is 0 Å². The molecule has 1 saturated carbocycles. The van der Waals surface area contributed by atoms with Crippen LogP contribution in [0.15, 0.2) is 11.1 Å². The summed E-state index contributed by atoms with van der Waals surface area (Å²) in [5.41, 5.74) is 2.79. The van der Waals surface area contributed by atoms with E-state index < -0.39 is 5.72 Å². The molecule has 1 amide bonds. The van der Waals surface area contributed by atoms with Crippen LogP contribution in [0.5, 0.6) is 0 Å². The number of rotatable bonds is 0. The van der Waals surface area contributed by atoms with Gasteiger partial charge in [-0.2, -0.15) is 0 Å². The van der Waals surface area contributed by atoms with Crippen molar-refractivity contribution in [3.63, 3.8) is 0 Å². The van der Waals surface area contributed by atoms with Gasteiger partial charge in [0.2, 0.25) is 5.91 Å². The summed E-state index contributed by atoms with van der Waals surface area (Å²) in [7, 11) is 0. The van der Waals surface area contributed by atoms with Crippen molar-refractivity contribution in [3.05, 3.63) is 11.1 Å². The minimum Gasteiger partial charge on any atom is -0.371 e. The van der Waals surface area contributed by atoms with Crippen molar-refractivity contribution in [1.29, 1.82) is 0 Å². The van der Waals surface area contributed by atoms with E-state index >= 15 is 0 Å². The Kier molecular flexibility index (Phi) is 3.05. The van der Waals surface area contributed by atoms with Gasteiger partial charge in [-0.05, 0) is 69.6 Å². The van der Waals surface area contributed by atoms with Crippen molar-refractivity contribution in [2.45, 2.75) is 95.2 Å². The molecule has 2 saturated heterocycles. The lowest BCUT2D eigenvalue weighted by atomic mass is 9.55. The van der Waals surface area contributed by atoms with E-state index in [1.165, 1.54) is 51.4 Å². The fourth-order valence-corrected chi connectivity index (χ4v) is 7.05. The van der Waals surface area contributed by atoms with Crippen LogP contribution in [0.1, 0.15) is 83.5 Å². The van der Waals surface area contributed by atoms with Gasteiger partial charge in [-0.15, -0.1) is 0 Å². The van der Waals surface area contributed by atoms with E-state index in [-0.39, 0.29) is 11.3 Å². The van der Waals surface area contributed by atoms with Gasteiger partial charge in [-0.3, -0.25) is 4.79 Å². The Morgan fingerprint density at radius 1 is 1.00 bits per heavy atom. The summed E-state index contributed by atoms with van der Waals surface area (Å²) in [4.78, 5) is 14.9. The van der Waals surface area contributed by atoms with Gasteiger partial charge in [0.05, 0.1) is 0 Å². The number of amides is 1. The fourth-order valence-electron chi connectivity index (χ4n) is 7.05. The number of hydrogen-bond donors (Lipinski definition) is 1. The predicted octanol–water partition coefficient (Wildman–Crippen LogP) is 3.91. The van der Waals surface area contributed by atoms with E-state index in [2.05, 4.69) is 0 Å². The second-order valence-electron chi connectivity index (χ2n) is 8.95. The number of allylic oxidation sites excluding steroid dienone is 1. The van der Waals surface area contributed by atoms with Gasteiger partial charge in [0.1, 0.15) is 5.72 Å². The smallest absolute Gasteiger partial charge is 0.225 e. The molecule has 5 aliphatic rings. The summed E-state index contributed by atoms with van der Waals surface area (Å²) in [6.07, 6.45) is 14.4. The van der Waals surface area contributed by atoms with Crippen molar-refractivity contribution >= 4 is 5.91 Å². The second-order valence-corrected chi connectivity index (χ2v) is 8.95. The van der Waals surface area contributed by atoms with Crippen LogP contribution in [0, 0.1) is 11.3 Å². The zero-order chi connectivity index (χ0) is 15.7. The molecule has 3 nitrogen and oxygen atoms in total. The Morgan fingerprint density at radius 2 is 1.83 bits per heavy atom. The maximum atomic E-state index is 12.9. The molecule has 3 heteroatoms. The highest BCUT2D eigenvalue weighted by Gasteiger charge is 2.65. The quantitative estimate of drug-likeness (QED) is 0.689. The summed E-state index contributed by atoms with van der Waals surface area (Å²) in [6.45, 7) is 0. The molecule has 2 bridgehead atoms. The average Bonchev–Trinajstić information content (AvgIpc) is 2.72. The highest BCUT2D eigenvalue weighted by Crippen LogP contribution is 2.64. The zero-order valence-electron chi connectivity index (χ0n) is 14.1. The Hall–Kier alpha value is -0.830. The molecule has 3 fully saturated rings. The minimum atomic E-state index is -0.838. The lowest BCUT2D eigenvalue weighted by Gasteiger charge is -2.53. The van der Waals surface area contributed by atoms with E-state index in [1.807, 2.05) is 4.90 Å². The van der Waals surface area contributed by atoms with Gasteiger partial charge in [-0.25, -0.2) is 0 Å². The fraction of sp³-hybridized carbons (Fsp3) is 0.850. The van der Waals surface area contributed by atoms with Crippen LogP contribution in [0.3, 0.4) is 0 Å². The standard InChI is InChI=1S/C20H29NO2/c22-17-9-3-4-11-20(23)13-19-10-5-8-16(18(19)21(17)20)15-7-2-1-6-14(15)12-19/h16,18,23H,1-13H2. The number of fused-ring (bicyclic) bond motifs is 2. The van der Waals surface area contributed by atoms with Gasteiger partial charge >= 0.3 is 0 Å². The molecule has 4 atom stereocenters. The molecule has 1 N–H and O–H groups in total. The third-order valence-electron chi connectivity index (χ3n) is 7.69. The molecule has 126 valence electrons. The van der Waals surface area contributed by atoms with Crippen LogP contribution in [-0.4, -0.2) is 27.7 Å². The molecular weight excluding hydrogens is 286 g/mol. The molecule has 0 spiro atoms. The van der Waals surface area contributed by atoms with E-state index in [0.29, 0.717) is 18.4 Å². The number of nitrogens with zero attached hydrogens (tertiary/aromatic N) is 1. The van der Waals surface area contributed by atoms with Crippen LogP contribution >= 0.6 is 0 Å². The minimum absolute atomic E-state index is 0.195. The highest BCUT2D eigenvalue weighted by molar-refractivity contribution is 5.78. The van der Waals surface area contributed by atoms with Crippen LogP contribution in [0.25, 0.3) is 0 Å². The Balaban J connectivity index is 1.63. The summed E-state index contributed by atoms with van der Waals surface area (Å²) in [5.74, 6) is 0.799. The lowest BCUT2D eigenvalue weighted by molar-refractivity contribution is -0.158. The topological polar surface area (TPSA) is 40.5 Å². The SMILES string of the molecule is O=C1CCCCC2(O)CC34CCCC(C5=C(CCCC5)C3)C4N12. The van der Waals surface area contributed by atoms with Crippen LogP contribution in [0.4, 0.5) is 0 Å². The lowest BCUT2D eigenvalue weighted by Crippen LogP contribution is -2.56. The summed E-state index contributed by atoms with van der Waals surface area (Å²) in [5, 5.41) is 11.5. The molecule has 3 aliphatic carbocycles. The number of hydrogen-bond acceptors (Lipinski definition) is 2. The van der Waals surface area contributed by atoms with E-state index in [0.717, 1.165) is 25.7 Å². The molecule has 0 aromatic heterocycles. The molecule has 2 heterocycles. The molecule has 0 aromatic rings. The van der Waals surface area contributed by atoms with Crippen molar-refractivity contribution in [2.75, 3.05) is 0 Å². The summed E-state index contributed by atoms with van der Waals surface area (Å²) < 4.78 is 0. The van der Waals surface area contributed by atoms with E-state index in [1.54, 1.807) is 11.1 Å². The maximum Gasteiger partial charge on any atom is 0.225 e. The normalized spacial score (nSPS) is 46.1. The van der Waals surface area contributed by atoms with Crippen LogP contribution in [0.2, 0.25) is 0 Å². The first kappa shape index (κ1) is 14.5. The summed E-state index contributed by atoms with van der Waals surface area (Å²) >= 11 is 0. The first-order chi connectivity index (χ1) is 11.1. The van der Waals surface area contributed by atoms with Crippen LogP contribution in [-0.2, 0) is 4.79 Å². The Morgan fingerprint density at radius 3 is 2.74 bits per heavy atom. The average molecular weight is 315 g/mol. The molecular formula is C20H29NO2. The van der Waals surface area contributed by atoms with Crippen molar-refractivity contribution in [3.8, 4) is 0 Å². The van der Waals surface area contributed by atoms with Crippen LogP contribution < -0.4 is 0 Å². The third kappa shape index (κ3) is 1.89. The predicted molar refractivity (Wildman–Crippen MR) is 88.6 cm³/mol. The monoisotopic (exact) mass is 315 g/mol.